The number of aromatic hydroxyl groups is 1. The van der Waals surface area contributed by atoms with Crippen molar-refractivity contribution in [3.63, 3.8) is 0 Å². The molecule has 0 spiro atoms. The van der Waals surface area contributed by atoms with Crippen LogP contribution in [0.5, 0.6) is 5.75 Å². The van der Waals surface area contributed by atoms with E-state index in [-0.39, 0.29) is 0 Å². The third-order valence-corrected chi connectivity index (χ3v) is 3.11. The molecule has 3 nitrogen and oxygen atoms in total. The third kappa shape index (κ3) is 2.26. The Kier molecular flexibility index (Phi) is 3.70. The Labute approximate surface area is 108 Å². The summed E-state index contributed by atoms with van der Waals surface area (Å²) in [5, 5.41) is 14.8. The van der Waals surface area contributed by atoms with Crippen LogP contribution in [0.2, 0.25) is 0 Å². The van der Waals surface area contributed by atoms with Gasteiger partial charge < -0.3 is 5.11 Å². The van der Waals surface area contributed by atoms with Crippen LogP contribution in [0.1, 0.15) is 31.5 Å². The average Bonchev–Trinajstić information content (AvgIpc) is 2.68. The molecule has 0 aliphatic rings. The molecule has 3 heteroatoms. The molecule has 1 heterocycles. The summed E-state index contributed by atoms with van der Waals surface area (Å²) in [6.45, 7) is 6.96. The quantitative estimate of drug-likeness (QED) is 0.893. The molecule has 2 rings (SSSR count). The number of hydrogen-bond donors (Lipinski definition) is 1. The van der Waals surface area contributed by atoms with E-state index in [1.165, 1.54) is 5.56 Å². The maximum Gasteiger partial charge on any atom is 0.164 e. The van der Waals surface area contributed by atoms with Crippen molar-refractivity contribution < 1.29 is 5.11 Å². The first kappa shape index (κ1) is 12.7. The van der Waals surface area contributed by atoms with Gasteiger partial charge >= 0.3 is 0 Å². The Morgan fingerprint density at radius 1 is 1.17 bits per heavy atom. The van der Waals surface area contributed by atoms with Gasteiger partial charge in [-0.05, 0) is 20.3 Å². The van der Waals surface area contributed by atoms with Gasteiger partial charge in [-0.15, -0.1) is 0 Å². The number of rotatable bonds is 4. The Morgan fingerprint density at radius 2 is 1.83 bits per heavy atom. The van der Waals surface area contributed by atoms with Gasteiger partial charge in [0.25, 0.3) is 0 Å². The maximum atomic E-state index is 10.3. The lowest BCUT2D eigenvalue weighted by molar-refractivity contribution is 0.469. The monoisotopic (exact) mass is 244 g/mol. The molecule has 0 bridgehead atoms. The van der Waals surface area contributed by atoms with Gasteiger partial charge in [-0.1, -0.05) is 43.2 Å². The van der Waals surface area contributed by atoms with Gasteiger partial charge in [0.2, 0.25) is 0 Å². The fraction of sp³-hybridized carbons (Fsp3) is 0.400. The minimum absolute atomic E-state index is 0.336. The van der Waals surface area contributed by atoms with Gasteiger partial charge in [0.1, 0.15) is 11.4 Å². The third-order valence-electron chi connectivity index (χ3n) is 3.11. The van der Waals surface area contributed by atoms with Gasteiger partial charge in [0, 0.05) is 12.1 Å². The number of benzene rings is 1. The lowest BCUT2D eigenvalue weighted by Gasteiger charge is -2.05. The number of nitrogens with zero attached hydrogens (tertiary/aromatic N) is 2. The Morgan fingerprint density at radius 3 is 2.39 bits per heavy atom. The molecule has 0 radical (unpaired) electrons. The Hall–Kier alpha value is -1.77. The summed E-state index contributed by atoms with van der Waals surface area (Å²) in [4.78, 5) is 0. The normalized spacial score (nSPS) is 10.8. The molecule has 0 saturated carbocycles. The second-order valence-corrected chi connectivity index (χ2v) is 4.58. The second kappa shape index (κ2) is 5.25. The molecule has 1 N–H and O–H groups in total. The highest BCUT2D eigenvalue weighted by Gasteiger charge is 2.17. The molecule has 0 unspecified atom stereocenters. The largest absolute Gasteiger partial charge is 0.504 e. The Bertz CT molecular complexity index is 526. The smallest absolute Gasteiger partial charge is 0.164 e. The topological polar surface area (TPSA) is 38.0 Å². The van der Waals surface area contributed by atoms with Gasteiger partial charge in [0.15, 0.2) is 5.75 Å². The highest BCUT2D eigenvalue weighted by atomic mass is 16.3. The number of hydrogen-bond acceptors (Lipinski definition) is 2. The Balaban J connectivity index is 2.51. The maximum absolute atomic E-state index is 10.3. The van der Waals surface area contributed by atoms with E-state index in [1.807, 2.05) is 23.7 Å². The lowest BCUT2D eigenvalue weighted by atomic mass is 10.1. The molecule has 2 aromatic rings. The molecular weight excluding hydrogens is 224 g/mol. The SMILES string of the molecule is CCCc1nn(CC)c(-c2ccc(C)cc2)c1O. The molecule has 1 aromatic carbocycles. The van der Waals surface area contributed by atoms with E-state index in [9.17, 15) is 5.11 Å². The van der Waals surface area contributed by atoms with E-state index in [0.717, 1.165) is 36.3 Å². The zero-order valence-corrected chi connectivity index (χ0v) is 11.3. The first-order valence-corrected chi connectivity index (χ1v) is 6.53. The fourth-order valence-electron chi connectivity index (χ4n) is 2.13. The molecule has 18 heavy (non-hydrogen) atoms. The molecule has 96 valence electrons. The molecule has 0 fully saturated rings. The van der Waals surface area contributed by atoms with Crippen molar-refractivity contribution >= 4 is 0 Å². The average molecular weight is 244 g/mol. The van der Waals surface area contributed by atoms with Crippen LogP contribution in [0.3, 0.4) is 0 Å². The van der Waals surface area contributed by atoms with Gasteiger partial charge in [0.05, 0.1) is 0 Å². The summed E-state index contributed by atoms with van der Waals surface area (Å²) in [5.74, 6) is 0.336. The van der Waals surface area contributed by atoms with Crippen molar-refractivity contribution in [2.75, 3.05) is 0 Å². The van der Waals surface area contributed by atoms with E-state index in [2.05, 4.69) is 31.1 Å². The summed E-state index contributed by atoms with van der Waals surface area (Å²) >= 11 is 0. The van der Waals surface area contributed by atoms with Gasteiger partial charge in [-0.25, -0.2) is 0 Å². The standard InChI is InChI=1S/C15H20N2O/c1-4-6-13-15(18)14(17(5-2)16-13)12-9-7-11(3)8-10-12/h7-10,18H,4-6H2,1-3H3. The lowest BCUT2D eigenvalue weighted by Crippen LogP contribution is -1.99. The predicted molar refractivity (Wildman–Crippen MR) is 73.7 cm³/mol. The highest BCUT2D eigenvalue weighted by Crippen LogP contribution is 2.33. The first-order chi connectivity index (χ1) is 8.67. The van der Waals surface area contributed by atoms with Crippen LogP contribution < -0.4 is 0 Å². The van der Waals surface area contributed by atoms with Crippen LogP contribution in [-0.2, 0) is 13.0 Å². The van der Waals surface area contributed by atoms with Crippen LogP contribution in [-0.4, -0.2) is 14.9 Å². The van der Waals surface area contributed by atoms with Crippen molar-refractivity contribution in [3.05, 3.63) is 35.5 Å². The molecule has 0 aliphatic heterocycles. The van der Waals surface area contributed by atoms with Crippen LogP contribution in [0.4, 0.5) is 0 Å². The van der Waals surface area contributed by atoms with E-state index in [1.54, 1.807) is 0 Å². The van der Waals surface area contributed by atoms with Gasteiger partial charge in [-0.3, -0.25) is 4.68 Å². The summed E-state index contributed by atoms with van der Waals surface area (Å²) < 4.78 is 1.88. The second-order valence-electron chi connectivity index (χ2n) is 4.58. The van der Waals surface area contributed by atoms with Crippen molar-refractivity contribution in [1.29, 1.82) is 0 Å². The number of aryl methyl sites for hydroxylation is 3. The molecule has 0 aliphatic carbocycles. The van der Waals surface area contributed by atoms with E-state index in [4.69, 9.17) is 0 Å². The van der Waals surface area contributed by atoms with E-state index in [0.29, 0.717) is 5.75 Å². The molecular formula is C15H20N2O. The molecule has 0 saturated heterocycles. The van der Waals surface area contributed by atoms with Crippen molar-refractivity contribution in [2.24, 2.45) is 0 Å². The molecule has 1 aromatic heterocycles. The van der Waals surface area contributed by atoms with E-state index < -0.39 is 0 Å². The van der Waals surface area contributed by atoms with Gasteiger partial charge in [-0.2, -0.15) is 5.10 Å². The van der Waals surface area contributed by atoms with Crippen molar-refractivity contribution in [3.8, 4) is 17.0 Å². The summed E-state index contributed by atoms with van der Waals surface area (Å²) in [6, 6.07) is 8.18. The van der Waals surface area contributed by atoms with E-state index >= 15 is 0 Å². The minimum atomic E-state index is 0.336. The van der Waals surface area contributed by atoms with Crippen LogP contribution in [0, 0.1) is 6.92 Å². The minimum Gasteiger partial charge on any atom is -0.504 e. The summed E-state index contributed by atoms with van der Waals surface area (Å²) in [6.07, 6.45) is 1.80. The van der Waals surface area contributed by atoms with Crippen LogP contribution in [0.15, 0.2) is 24.3 Å². The molecule has 0 atom stereocenters. The van der Waals surface area contributed by atoms with Crippen molar-refractivity contribution in [1.82, 2.24) is 9.78 Å². The summed E-state index contributed by atoms with van der Waals surface area (Å²) in [5.41, 5.74) is 3.88. The zero-order valence-electron chi connectivity index (χ0n) is 11.3. The summed E-state index contributed by atoms with van der Waals surface area (Å²) in [7, 11) is 0. The predicted octanol–water partition coefficient (Wildman–Crippen LogP) is 3.54. The fourth-order valence-corrected chi connectivity index (χ4v) is 2.13. The highest BCUT2D eigenvalue weighted by molar-refractivity contribution is 5.68. The van der Waals surface area contributed by atoms with Crippen LogP contribution in [0.25, 0.3) is 11.3 Å². The first-order valence-electron chi connectivity index (χ1n) is 6.53. The number of aromatic nitrogens is 2. The van der Waals surface area contributed by atoms with Crippen molar-refractivity contribution in [2.45, 2.75) is 40.2 Å². The van der Waals surface area contributed by atoms with Crippen LogP contribution >= 0.6 is 0 Å². The molecule has 0 amide bonds. The zero-order chi connectivity index (χ0) is 13.1.